The Hall–Kier alpha value is -0.390. The molecule has 17 heavy (non-hydrogen) atoms. The van der Waals surface area contributed by atoms with Crippen molar-refractivity contribution in [3.8, 4) is 0 Å². The van der Waals surface area contributed by atoms with Crippen LogP contribution in [-0.2, 0) is 16.1 Å². The average Bonchev–Trinajstić information content (AvgIpc) is 2.88. The number of halogens is 1. The number of thiophene rings is 1. The third-order valence-electron chi connectivity index (χ3n) is 3.03. The summed E-state index contributed by atoms with van der Waals surface area (Å²) in [6.45, 7) is 3.23. The predicted molar refractivity (Wildman–Crippen MR) is 72.1 cm³/mol. The second-order valence-electron chi connectivity index (χ2n) is 4.58. The van der Waals surface area contributed by atoms with Crippen molar-refractivity contribution in [2.45, 2.75) is 31.9 Å². The highest BCUT2D eigenvalue weighted by Gasteiger charge is 2.39. The number of rotatable bonds is 3. The van der Waals surface area contributed by atoms with Gasteiger partial charge in [-0.15, -0.1) is 11.3 Å². The van der Waals surface area contributed by atoms with Gasteiger partial charge in [0.15, 0.2) is 0 Å². The molecule has 1 aliphatic rings. The first kappa shape index (κ1) is 13.1. The molecular weight excluding hydrogens is 302 g/mol. The highest BCUT2D eigenvalue weighted by atomic mass is 79.9. The monoisotopic (exact) mass is 317 g/mol. The standard InChI is InChI=1S/C12H16BrNO2S/c1-12(4-3-5-16-12)11(15)14(2)7-10-6-9(13)8-17-10/h6,8H,3-5,7H2,1-2H3. The van der Waals surface area contributed by atoms with E-state index in [0.29, 0.717) is 13.2 Å². The third kappa shape index (κ3) is 2.89. The number of ether oxygens (including phenoxy) is 1. The van der Waals surface area contributed by atoms with Crippen LogP contribution in [0.25, 0.3) is 0 Å². The van der Waals surface area contributed by atoms with Crippen LogP contribution < -0.4 is 0 Å². The van der Waals surface area contributed by atoms with Crippen LogP contribution in [0, 0.1) is 0 Å². The van der Waals surface area contributed by atoms with Crippen molar-refractivity contribution in [2.24, 2.45) is 0 Å². The van der Waals surface area contributed by atoms with Crippen LogP contribution in [0.5, 0.6) is 0 Å². The minimum absolute atomic E-state index is 0.0829. The van der Waals surface area contributed by atoms with E-state index >= 15 is 0 Å². The van der Waals surface area contributed by atoms with Crippen LogP contribution in [0.3, 0.4) is 0 Å². The molecule has 0 saturated carbocycles. The maximum Gasteiger partial charge on any atom is 0.254 e. The Balaban J connectivity index is 2.00. The van der Waals surface area contributed by atoms with Crippen LogP contribution in [0.2, 0.25) is 0 Å². The first-order chi connectivity index (χ1) is 8.01. The Morgan fingerprint density at radius 2 is 2.47 bits per heavy atom. The number of hydrogen-bond acceptors (Lipinski definition) is 3. The van der Waals surface area contributed by atoms with E-state index in [-0.39, 0.29) is 5.91 Å². The second kappa shape index (κ2) is 5.08. The number of amides is 1. The second-order valence-corrected chi connectivity index (χ2v) is 6.49. The zero-order valence-electron chi connectivity index (χ0n) is 10.0. The first-order valence-corrected chi connectivity index (χ1v) is 7.31. The van der Waals surface area contributed by atoms with Crippen LogP contribution in [0.1, 0.15) is 24.6 Å². The topological polar surface area (TPSA) is 29.5 Å². The molecule has 0 radical (unpaired) electrons. The zero-order valence-corrected chi connectivity index (χ0v) is 12.4. The Morgan fingerprint density at radius 3 is 3.00 bits per heavy atom. The summed E-state index contributed by atoms with van der Waals surface area (Å²) < 4.78 is 6.64. The lowest BCUT2D eigenvalue weighted by molar-refractivity contribution is -0.150. The molecule has 5 heteroatoms. The van der Waals surface area contributed by atoms with Crippen LogP contribution in [0.4, 0.5) is 0 Å². The Kier molecular flexibility index (Phi) is 3.90. The van der Waals surface area contributed by atoms with Gasteiger partial charge in [0.25, 0.3) is 5.91 Å². The first-order valence-electron chi connectivity index (χ1n) is 5.64. The van der Waals surface area contributed by atoms with Crippen molar-refractivity contribution in [1.82, 2.24) is 4.90 Å². The molecule has 2 heterocycles. The van der Waals surface area contributed by atoms with Crippen molar-refractivity contribution in [1.29, 1.82) is 0 Å². The predicted octanol–water partition coefficient (Wildman–Crippen LogP) is 3.04. The van der Waals surface area contributed by atoms with Gasteiger partial charge in [-0.3, -0.25) is 4.79 Å². The van der Waals surface area contributed by atoms with Crippen LogP contribution >= 0.6 is 27.3 Å². The maximum atomic E-state index is 12.3. The normalized spacial score (nSPS) is 23.9. The lowest BCUT2D eigenvalue weighted by Gasteiger charge is -2.27. The number of carbonyl (C=O) groups excluding carboxylic acids is 1. The number of carbonyl (C=O) groups is 1. The van der Waals surface area contributed by atoms with Crippen molar-refractivity contribution in [2.75, 3.05) is 13.7 Å². The van der Waals surface area contributed by atoms with E-state index in [0.717, 1.165) is 17.3 Å². The number of hydrogen-bond donors (Lipinski definition) is 0. The molecule has 0 aromatic carbocycles. The van der Waals surface area contributed by atoms with E-state index in [2.05, 4.69) is 15.9 Å². The van der Waals surface area contributed by atoms with Gasteiger partial charge in [-0.05, 0) is 41.8 Å². The summed E-state index contributed by atoms with van der Waals surface area (Å²) in [6, 6.07) is 2.05. The quantitative estimate of drug-likeness (QED) is 0.857. The van der Waals surface area contributed by atoms with Crippen LogP contribution in [-0.4, -0.2) is 30.1 Å². The van der Waals surface area contributed by atoms with Gasteiger partial charge < -0.3 is 9.64 Å². The molecule has 1 fully saturated rings. The van der Waals surface area contributed by atoms with E-state index < -0.39 is 5.60 Å². The van der Waals surface area contributed by atoms with Gasteiger partial charge in [-0.25, -0.2) is 0 Å². The molecule has 1 saturated heterocycles. The summed E-state index contributed by atoms with van der Waals surface area (Å²) >= 11 is 5.07. The van der Waals surface area contributed by atoms with E-state index in [9.17, 15) is 4.79 Å². The zero-order chi connectivity index (χ0) is 12.5. The fourth-order valence-electron chi connectivity index (χ4n) is 2.09. The molecule has 3 nitrogen and oxygen atoms in total. The maximum absolute atomic E-state index is 12.3. The molecule has 1 atom stereocenters. The molecule has 0 N–H and O–H groups in total. The molecule has 0 bridgehead atoms. The van der Waals surface area contributed by atoms with E-state index in [4.69, 9.17) is 4.74 Å². The molecule has 2 rings (SSSR count). The summed E-state index contributed by atoms with van der Waals surface area (Å²) in [4.78, 5) is 15.2. The molecule has 1 aromatic rings. The lowest BCUT2D eigenvalue weighted by atomic mass is 10.0. The minimum atomic E-state index is -0.608. The van der Waals surface area contributed by atoms with Gasteiger partial charge in [-0.2, -0.15) is 0 Å². The fraction of sp³-hybridized carbons (Fsp3) is 0.583. The Morgan fingerprint density at radius 1 is 1.71 bits per heavy atom. The number of nitrogens with zero attached hydrogens (tertiary/aromatic N) is 1. The smallest absolute Gasteiger partial charge is 0.254 e. The SMILES string of the molecule is CN(Cc1cc(Br)cs1)C(=O)C1(C)CCCO1. The molecule has 1 aliphatic heterocycles. The fourth-order valence-corrected chi connectivity index (χ4v) is 3.60. The molecule has 1 aromatic heterocycles. The molecule has 0 spiro atoms. The summed E-state index contributed by atoms with van der Waals surface area (Å²) in [5.41, 5.74) is -0.608. The average molecular weight is 318 g/mol. The lowest BCUT2D eigenvalue weighted by Crippen LogP contribution is -2.44. The summed E-state index contributed by atoms with van der Waals surface area (Å²) in [6.07, 6.45) is 1.80. The van der Waals surface area contributed by atoms with Crippen molar-refractivity contribution < 1.29 is 9.53 Å². The highest BCUT2D eigenvalue weighted by molar-refractivity contribution is 9.10. The van der Waals surface area contributed by atoms with Crippen molar-refractivity contribution in [3.63, 3.8) is 0 Å². The van der Waals surface area contributed by atoms with E-state index in [1.54, 1.807) is 16.2 Å². The molecule has 1 unspecified atom stereocenters. The van der Waals surface area contributed by atoms with Crippen molar-refractivity contribution >= 4 is 33.2 Å². The molecule has 0 aliphatic carbocycles. The summed E-state index contributed by atoms with van der Waals surface area (Å²) in [5, 5.41) is 2.03. The highest BCUT2D eigenvalue weighted by Crippen LogP contribution is 2.28. The van der Waals surface area contributed by atoms with Gasteiger partial charge >= 0.3 is 0 Å². The minimum Gasteiger partial charge on any atom is -0.365 e. The van der Waals surface area contributed by atoms with Gasteiger partial charge in [-0.1, -0.05) is 0 Å². The van der Waals surface area contributed by atoms with Gasteiger partial charge in [0.05, 0.1) is 6.54 Å². The largest absolute Gasteiger partial charge is 0.365 e. The summed E-state index contributed by atoms with van der Waals surface area (Å²) in [7, 11) is 1.84. The molecule has 1 amide bonds. The Labute approximate surface area is 114 Å². The molecular formula is C12H16BrNO2S. The molecule has 94 valence electrons. The number of likely N-dealkylation sites (N-methyl/N-ethyl adjacent to an activating group) is 1. The van der Waals surface area contributed by atoms with Crippen LogP contribution in [0.15, 0.2) is 15.9 Å². The van der Waals surface area contributed by atoms with E-state index in [1.165, 1.54) is 4.88 Å². The third-order valence-corrected chi connectivity index (χ3v) is 4.72. The summed E-state index contributed by atoms with van der Waals surface area (Å²) in [5.74, 6) is 0.0829. The van der Waals surface area contributed by atoms with Gasteiger partial charge in [0, 0.05) is 28.4 Å². The Bertz CT molecular complexity index is 412. The van der Waals surface area contributed by atoms with Gasteiger partial charge in [0.1, 0.15) is 5.60 Å². The van der Waals surface area contributed by atoms with Crippen molar-refractivity contribution in [3.05, 3.63) is 20.8 Å². The van der Waals surface area contributed by atoms with E-state index in [1.807, 2.05) is 25.4 Å². The van der Waals surface area contributed by atoms with Gasteiger partial charge in [0.2, 0.25) is 0 Å².